The van der Waals surface area contributed by atoms with Crippen molar-refractivity contribution in [2.24, 2.45) is 0 Å². The maximum Gasteiger partial charge on any atom is 0.261 e. The van der Waals surface area contributed by atoms with Crippen molar-refractivity contribution >= 4 is 29.1 Å². The molecule has 0 saturated carbocycles. The first-order valence-corrected chi connectivity index (χ1v) is 9.47. The van der Waals surface area contributed by atoms with E-state index in [0.717, 1.165) is 16.2 Å². The van der Waals surface area contributed by atoms with Crippen LogP contribution in [-0.2, 0) is 6.54 Å². The van der Waals surface area contributed by atoms with Crippen molar-refractivity contribution in [3.05, 3.63) is 82.8 Å². The SMILES string of the molecule is Cc1cc(NC(=O)c2ccc3c(c2)C(=O)N(Cc2ccco2)C3=O)ccc1N(C)C. The van der Waals surface area contributed by atoms with Gasteiger partial charge < -0.3 is 14.6 Å². The first-order chi connectivity index (χ1) is 14.3. The second kappa shape index (κ2) is 7.51. The smallest absolute Gasteiger partial charge is 0.261 e. The van der Waals surface area contributed by atoms with E-state index < -0.39 is 11.8 Å². The van der Waals surface area contributed by atoms with Gasteiger partial charge in [-0.1, -0.05) is 0 Å². The van der Waals surface area contributed by atoms with E-state index in [1.807, 2.05) is 44.1 Å². The van der Waals surface area contributed by atoms with Gasteiger partial charge in [0.05, 0.1) is 23.9 Å². The molecule has 0 unspecified atom stereocenters. The second-order valence-corrected chi connectivity index (χ2v) is 7.39. The van der Waals surface area contributed by atoms with E-state index in [4.69, 9.17) is 4.42 Å². The lowest BCUT2D eigenvalue weighted by Gasteiger charge is -2.16. The summed E-state index contributed by atoms with van der Waals surface area (Å²) in [5.41, 5.74) is 3.56. The third-order valence-electron chi connectivity index (χ3n) is 5.06. The van der Waals surface area contributed by atoms with E-state index in [-0.39, 0.29) is 23.6 Å². The molecule has 1 aliphatic heterocycles. The highest BCUT2D eigenvalue weighted by Gasteiger charge is 2.36. The molecule has 0 aliphatic carbocycles. The van der Waals surface area contributed by atoms with Gasteiger partial charge in [0.25, 0.3) is 17.7 Å². The molecule has 7 nitrogen and oxygen atoms in total. The molecule has 0 spiro atoms. The van der Waals surface area contributed by atoms with E-state index >= 15 is 0 Å². The lowest BCUT2D eigenvalue weighted by Crippen LogP contribution is -2.28. The minimum Gasteiger partial charge on any atom is -0.467 e. The summed E-state index contributed by atoms with van der Waals surface area (Å²) in [5, 5.41) is 2.85. The fourth-order valence-electron chi connectivity index (χ4n) is 3.57. The van der Waals surface area contributed by atoms with Gasteiger partial charge in [-0.2, -0.15) is 0 Å². The Balaban J connectivity index is 1.54. The van der Waals surface area contributed by atoms with Crippen LogP contribution >= 0.6 is 0 Å². The molecule has 152 valence electrons. The van der Waals surface area contributed by atoms with E-state index in [1.54, 1.807) is 18.2 Å². The summed E-state index contributed by atoms with van der Waals surface area (Å²) >= 11 is 0. The zero-order valence-electron chi connectivity index (χ0n) is 16.9. The summed E-state index contributed by atoms with van der Waals surface area (Å²) < 4.78 is 5.24. The van der Waals surface area contributed by atoms with Gasteiger partial charge in [0.1, 0.15) is 5.76 Å². The highest BCUT2D eigenvalue weighted by atomic mass is 16.3. The van der Waals surface area contributed by atoms with Gasteiger partial charge in [0.2, 0.25) is 0 Å². The molecule has 3 amide bonds. The molecule has 0 atom stereocenters. The average molecular weight is 403 g/mol. The summed E-state index contributed by atoms with van der Waals surface area (Å²) in [4.78, 5) is 41.2. The van der Waals surface area contributed by atoms with Crippen molar-refractivity contribution in [3.63, 3.8) is 0 Å². The Hall–Kier alpha value is -3.87. The molecule has 1 N–H and O–H groups in total. The van der Waals surface area contributed by atoms with Crippen LogP contribution in [0.5, 0.6) is 0 Å². The molecule has 7 heteroatoms. The fraction of sp³-hybridized carbons (Fsp3) is 0.174. The summed E-state index contributed by atoms with van der Waals surface area (Å²) in [6.45, 7) is 2.02. The zero-order chi connectivity index (χ0) is 21.4. The summed E-state index contributed by atoms with van der Waals surface area (Å²) in [6, 6.07) is 13.6. The standard InChI is InChI=1S/C23H21N3O4/c1-14-11-16(7-9-20(14)25(2)3)24-21(27)15-6-8-18-19(12-15)23(29)26(22(18)28)13-17-5-4-10-30-17/h4-12H,13H2,1-3H3,(H,24,27). The summed E-state index contributed by atoms with van der Waals surface area (Å²) in [7, 11) is 3.91. The van der Waals surface area contributed by atoms with Crippen LogP contribution in [0.15, 0.2) is 59.2 Å². The van der Waals surface area contributed by atoms with Crippen molar-refractivity contribution in [2.45, 2.75) is 13.5 Å². The molecule has 0 saturated heterocycles. The molecule has 0 fully saturated rings. The second-order valence-electron chi connectivity index (χ2n) is 7.39. The highest BCUT2D eigenvalue weighted by Crippen LogP contribution is 2.27. The number of hydrogen-bond donors (Lipinski definition) is 1. The van der Waals surface area contributed by atoms with Crippen LogP contribution in [0.3, 0.4) is 0 Å². The Morgan fingerprint density at radius 3 is 2.47 bits per heavy atom. The molecular weight excluding hydrogens is 382 g/mol. The topological polar surface area (TPSA) is 82.9 Å². The Kier molecular flexibility index (Phi) is 4.87. The van der Waals surface area contributed by atoms with Crippen LogP contribution < -0.4 is 10.2 Å². The van der Waals surface area contributed by atoms with Crippen LogP contribution in [0, 0.1) is 6.92 Å². The minimum atomic E-state index is -0.438. The maximum atomic E-state index is 12.7. The number of anilines is 2. The van der Waals surface area contributed by atoms with Crippen molar-refractivity contribution in [1.82, 2.24) is 4.90 Å². The number of hydrogen-bond acceptors (Lipinski definition) is 5. The highest BCUT2D eigenvalue weighted by molar-refractivity contribution is 6.22. The van der Waals surface area contributed by atoms with E-state index in [9.17, 15) is 14.4 Å². The minimum absolute atomic E-state index is 0.0539. The third kappa shape index (κ3) is 3.45. The number of nitrogens with one attached hydrogen (secondary N) is 1. The average Bonchev–Trinajstić information content (AvgIpc) is 3.30. The molecule has 0 radical (unpaired) electrons. The molecule has 2 aromatic carbocycles. The lowest BCUT2D eigenvalue weighted by atomic mass is 10.1. The van der Waals surface area contributed by atoms with Crippen LogP contribution in [0.4, 0.5) is 11.4 Å². The van der Waals surface area contributed by atoms with Crippen LogP contribution in [0.25, 0.3) is 0 Å². The van der Waals surface area contributed by atoms with Crippen molar-refractivity contribution in [1.29, 1.82) is 0 Å². The largest absolute Gasteiger partial charge is 0.467 e. The number of carbonyl (C=O) groups excluding carboxylic acids is 3. The molecule has 1 aliphatic rings. The third-order valence-corrected chi connectivity index (χ3v) is 5.06. The summed E-state index contributed by atoms with van der Waals surface area (Å²) in [5.74, 6) is -0.668. The quantitative estimate of drug-likeness (QED) is 0.657. The number of furan rings is 1. The van der Waals surface area contributed by atoms with Crippen LogP contribution in [-0.4, -0.2) is 36.7 Å². The number of aryl methyl sites for hydroxylation is 1. The fourth-order valence-corrected chi connectivity index (χ4v) is 3.57. The monoisotopic (exact) mass is 403 g/mol. The van der Waals surface area contributed by atoms with Gasteiger partial charge >= 0.3 is 0 Å². The number of imide groups is 1. The zero-order valence-corrected chi connectivity index (χ0v) is 16.9. The van der Waals surface area contributed by atoms with Gasteiger partial charge in [-0.05, 0) is 61.0 Å². The molecular formula is C23H21N3O4. The molecule has 0 bridgehead atoms. The number of carbonyl (C=O) groups is 3. The van der Waals surface area contributed by atoms with E-state index in [0.29, 0.717) is 17.0 Å². The number of nitrogens with zero attached hydrogens (tertiary/aromatic N) is 2. The Morgan fingerprint density at radius 1 is 1.03 bits per heavy atom. The predicted octanol–water partition coefficient (Wildman–Crippen LogP) is 3.70. The molecule has 1 aromatic heterocycles. The number of benzene rings is 2. The predicted molar refractivity (Wildman–Crippen MR) is 113 cm³/mol. The van der Waals surface area contributed by atoms with Crippen molar-refractivity contribution in [3.8, 4) is 0 Å². The molecule has 30 heavy (non-hydrogen) atoms. The van der Waals surface area contributed by atoms with Gasteiger partial charge in [-0.25, -0.2) is 0 Å². The van der Waals surface area contributed by atoms with Gasteiger partial charge in [-0.15, -0.1) is 0 Å². The number of amides is 3. The van der Waals surface area contributed by atoms with E-state index in [2.05, 4.69) is 5.32 Å². The molecule has 2 heterocycles. The Labute approximate surface area is 173 Å². The first-order valence-electron chi connectivity index (χ1n) is 9.47. The summed E-state index contributed by atoms with van der Waals surface area (Å²) in [6.07, 6.45) is 1.49. The van der Waals surface area contributed by atoms with Crippen molar-refractivity contribution in [2.75, 3.05) is 24.3 Å². The van der Waals surface area contributed by atoms with Gasteiger partial charge in [0, 0.05) is 31.0 Å². The van der Waals surface area contributed by atoms with Crippen molar-refractivity contribution < 1.29 is 18.8 Å². The number of fused-ring (bicyclic) bond motifs is 1. The maximum absolute atomic E-state index is 12.7. The van der Waals surface area contributed by atoms with E-state index in [1.165, 1.54) is 18.4 Å². The van der Waals surface area contributed by atoms with Gasteiger partial charge in [0.15, 0.2) is 0 Å². The Morgan fingerprint density at radius 2 is 1.80 bits per heavy atom. The molecule has 4 rings (SSSR count). The Bertz CT molecular complexity index is 1150. The molecule has 3 aromatic rings. The van der Waals surface area contributed by atoms with Gasteiger partial charge in [-0.3, -0.25) is 19.3 Å². The normalized spacial score (nSPS) is 12.8. The number of rotatable bonds is 5. The first kappa shape index (κ1) is 19.4. The lowest BCUT2D eigenvalue weighted by molar-refractivity contribution is 0.0631. The van der Waals surface area contributed by atoms with Crippen LogP contribution in [0.1, 0.15) is 42.4 Å². The van der Waals surface area contributed by atoms with Crippen LogP contribution in [0.2, 0.25) is 0 Å².